The highest BCUT2D eigenvalue weighted by atomic mass is 32.2. The van der Waals surface area contributed by atoms with Crippen molar-refractivity contribution >= 4 is 10.0 Å². The number of rotatable bonds is 6. The van der Waals surface area contributed by atoms with Crippen LogP contribution in [0.1, 0.15) is 18.1 Å². The lowest BCUT2D eigenvalue weighted by Gasteiger charge is -2.19. The fourth-order valence-corrected chi connectivity index (χ4v) is 2.98. The number of sulfonamides is 1. The maximum Gasteiger partial charge on any atom is 0.216 e. The van der Waals surface area contributed by atoms with Crippen LogP contribution in [0.5, 0.6) is 0 Å². The first-order valence-corrected chi connectivity index (χ1v) is 7.59. The van der Waals surface area contributed by atoms with E-state index in [-0.39, 0.29) is 24.2 Å². The molecule has 6 heteroatoms. The van der Waals surface area contributed by atoms with E-state index in [1.165, 1.54) is 24.5 Å². The summed E-state index contributed by atoms with van der Waals surface area (Å²) in [5.41, 5.74) is 1.27. The number of methoxy groups -OCH3 is 1. The largest absolute Gasteiger partial charge is 0.381 e. The topological polar surface area (TPSA) is 46.6 Å². The van der Waals surface area contributed by atoms with Crippen LogP contribution in [0.25, 0.3) is 0 Å². The molecule has 0 amide bonds. The van der Waals surface area contributed by atoms with Crippen LogP contribution < -0.4 is 0 Å². The summed E-state index contributed by atoms with van der Waals surface area (Å²) >= 11 is 0. The number of aryl methyl sites for hydroxylation is 1. The second kappa shape index (κ2) is 6.45. The first-order chi connectivity index (χ1) is 8.76. The summed E-state index contributed by atoms with van der Waals surface area (Å²) in [5, 5.41) is 0. The molecule has 1 aromatic rings. The molecule has 0 saturated heterocycles. The Morgan fingerprint density at radius 2 is 2.05 bits per heavy atom. The van der Waals surface area contributed by atoms with Crippen molar-refractivity contribution < 1.29 is 17.5 Å². The molecule has 0 fully saturated rings. The minimum absolute atomic E-state index is 0.0693. The molecule has 0 N–H and O–H groups in total. The van der Waals surface area contributed by atoms with Gasteiger partial charge in [-0.15, -0.1) is 0 Å². The minimum Gasteiger partial charge on any atom is -0.381 e. The summed E-state index contributed by atoms with van der Waals surface area (Å²) in [6.07, 6.45) is -0.359. The zero-order chi connectivity index (χ0) is 14.6. The van der Waals surface area contributed by atoms with Crippen LogP contribution in [0.2, 0.25) is 0 Å². The van der Waals surface area contributed by atoms with Crippen LogP contribution in [0.4, 0.5) is 4.39 Å². The molecule has 0 saturated carbocycles. The molecule has 0 radical (unpaired) electrons. The minimum atomic E-state index is -3.38. The van der Waals surface area contributed by atoms with Gasteiger partial charge in [-0.25, -0.2) is 17.1 Å². The standard InChI is InChI=1S/C13H20FNO3S/c1-10-7-12(5-6-13(10)14)8-15(3)19(16,17)9-11(2)18-4/h5-7,11H,8-9H2,1-4H3. The zero-order valence-corrected chi connectivity index (χ0v) is 12.5. The number of hydrogen-bond acceptors (Lipinski definition) is 3. The summed E-state index contributed by atoms with van der Waals surface area (Å²) in [6.45, 7) is 3.58. The number of nitrogens with zero attached hydrogens (tertiary/aromatic N) is 1. The van der Waals surface area contributed by atoms with Crippen molar-refractivity contribution in [2.24, 2.45) is 0 Å². The lowest BCUT2D eigenvalue weighted by Crippen LogP contribution is -2.33. The van der Waals surface area contributed by atoms with Crippen LogP contribution in [0, 0.1) is 12.7 Å². The van der Waals surface area contributed by atoms with E-state index < -0.39 is 10.0 Å². The van der Waals surface area contributed by atoms with Gasteiger partial charge in [-0.05, 0) is 31.0 Å². The van der Waals surface area contributed by atoms with Gasteiger partial charge in [-0.2, -0.15) is 0 Å². The quantitative estimate of drug-likeness (QED) is 0.804. The van der Waals surface area contributed by atoms with E-state index >= 15 is 0 Å². The molecule has 0 aliphatic rings. The number of hydrogen-bond donors (Lipinski definition) is 0. The number of halogens is 1. The lowest BCUT2D eigenvalue weighted by atomic mass is 10.1. The fourth-order valence-electron chi connectivity index (χ4n) is 1.65. The highest BCUT2D eigenvalue weighted by Crippen LogP contribution is 2.13. The van der Waals surface area contributed by atoms with Crippen molar-refractivity contribution in [3.05, 3.63) is 35.1 Å². The molecule has 0 aromatic heterocycles. The highest BCUT2D eigenvalue weighted by molar-refractivity contribution is 7.89. The van der Waals surface area contributed by atoms with E-state index in [4.69, 9.17) is 4.74 Å². The number of ether oxygens (including phenoxy) is 1. The van der Waals surface area contributed by atoms with Crippen LogP contribution in [-0.2, 0) is 21.3 Å². The third-order valence-electron chi connectivity index (χ3n) is 2.95. The van der Waals surface area contributed by atoms with Gasteiger partial charge >= 0.3 is 0 Å². The van der Waals surface area contributed by atoms with E-state index in [1.807, 2.05) is 0 Å². The number of benzene rings is 1. The average Bonchev–Trinajstić information content (AvgIpc) is 2.33. The Kier molecular flexibility index (Phi) is 5.46. The molecule has 0 bridgehead atoms. The molecule has 4 nitrogen and oxygen atoms in total. The first-order valence-electron chi connectivity index (χ1n) is 5.98. The van der Waals surface area contributed by atoms with Crippen molar-refractivity contribution in [1.82, 2.24) is 4.31 Å². The van der Waals surface area contributed by atoms with Gasteiger partial charge in [0.1, 0.15) is 5.82 Å². The van der Waals surface area contributed by atoms with Gasteiger partial charge < -0.3 is 4.74 Å². The molecule has 1 unspecified atom stereocenters. The second-order valence-corrected chi connectivity index (χ2v) is 6.78. The Morgan fingerprint density at radius 1 is 1.42 bits per heavy atom. The SMILES string of the molecule is COC(C)CS(=O)(=O)N(C)Cc1ccc(F)c(C)c1. The van der Waals surface area contributed by atoms with Crippen molar-refractivity contribution in [3.8, 4) is 0 Å². The molecule has 0 spiro atoms. The van der Waals surface area contributed by atoms with E-state index in [1.54, 1.807) is 26.0 Å². The molecule has 0 heterocycles. The Hall–Kier alpha value is -0.980. The van der Waals surface area contributed by atoms with Gasteiger partial charge in [-0.3, -0.25) is 0 Å². The third kappa shape index (κ3) is 4.56. The molecule has 108 valence electrons. The molecule has 19 heavy (non-hydrogen) atoms. The summed E-state index contributed by atoms with van der Waals surface area (Å²) < 4.78 is 43.4. The maximum absolute atomic E-state index is 13.1. The summed E-state index contributed by atoms with van der Waals surface area (Å²) in [6, 6.07) is 4.60. The van der Waals surface area contributed by atoms with E-state index in [9.17, 15) is 12.8 Å². The average molecular weight is 289 g/mol. The van der Waals surface area contributed by atoms with Gasteiger partial charge in [-0.1, -0.05) is 12.1 Å². The molecular weight excluding hydrogens is 269 g/mol. The molecule has 0 aliphatic carbocycles. The smallest absolute Gasteiger partial charge is 0.216 e. The summed E-state index contributed by atoms with van der Waals surface area (Å²) in [7, 11) is -0.392. The van der Waals surface area contributed by atoms with Crippen molar-refractivity contribution in [1.29, 1.82) is 0 Å². The van der Waals surface area contributed by atoms with Gasteiger partial charge in [0.25, 0.3) is 0 Å². The van der Waals surface area contributed by atoms with Crippen LogP contribution in [0.15, 0.2) is 18.2 Å². The van der Waals surface area contributed by atoms with Gasteiger partial charge in [0.05, 0.1) is 11.9 Å². The molecule has 0 aliphatic heterocycles. The van der Waals surface area contributed by atoms with Gasteiger partial charge in [0, 0.05) is 20.7 Å². The fraction of sp³-hybridized carbons (Fsp3) is 0.538. The monoisotopic (exact) mass is 289 g/mol. The van der Waals surface area contributed by atoms with Gasteiger partial charge in [0.15, 0.2) is 0 Å². The third-order valence-corrected chi connectivity index (χ3v) is 4.92. The Morgan fingerprint density at radius 3 is 2.58 bits per heavy atom. The second-order valence-electron chi connectivity index (χ2n) is 4.66. The highest BCUT2D eigenvalue weighted by Gasteiger charge is 2.21. The first kappa shape index (κ1) is 16.1. The summed E-state index contributed by atoms with van der Waals surface area (Å²) in [4.78, 5) is 0. The molecular formula is C13H20FNO3S. The lowest BCUT2D eigenvalue weighted by molar-refractivity contribution is 0.135. The Bertz CT molecular complexity index is 531. The predicted octanol–water partition coefficient (Wildman–Crippen LogP) is 1.93. The van der Waals surface area contributed by atoms with Crippen molar-refractivity contribution in [3.63, 3.8) is 0 Å². The zero-order valence-electron chi connectivity index (χ0n) is 11.7. The van der Waals surface area contributed by atoms with Crippen molar-refractivity contribution in [2.45, 2.75) is 26.5 Å². The molecule has 1 aromatic carbocycles. The Balaban J connectivity index is 2.78. The predicted molar refractivity (Wildman–Crippen MR) is 72.9 cm³/mol. The van der Waals surface area contributed by atoms with Crippen molar-refractivity contribution in [2.75, 3.05) is 19.9 Å². The molecule has 1 rings (SSSR count). The van der Waals surface area contributed by atoms with E-state index in [0.717, 1.165) is 5.56 Å². The van der Waals surface area contributed by atoms with Crippen LogP contribution >= 0.6 is 0 Å². The van der Waals surface area contributed by atoms with E-state index in [0.29, 0.717) is 5.56 Å². The Labute approximate surface area is 114 Å². The van der Waals surface area contributed by atoms with Crippen LogP contribution in [-0.4, -0.2) is 38.7 Å². The van der Waals surface area contributed by atoms with Crippen LogP contribution in [0.3, 0.4) is 0 Å². The summed E-state index contributed by atoms with van der Waals surface area (Å²) in [5.74, 6) is -0.359. The maximum atomic E-state index is 13.1. The van der Waals surface area contributed by atoms with Gasteiger partial charge in [0.2, 0.25) is 10.0 Å². The molecule has 1 atom stereocenters. The van der Waals surface area contributed by atoms with E-state index in [2.05, 4.69) is 0 Å². The normalized spacial score (nSPS) is 13.8.